The van der Waals surface area contributed by atoms with Crippen molar-refractivity contribution in [1.29, 1.82) is 0 Å². The number of carbonyl (C=O) groups excluding carboxylic acids is 2. The maximum absolute atomic E-state index is 14.4. The van der Waals surface area contributed by atoms with Crippen LogP contribution in [0.5, 0.6) is 5.75 Å². The summed E-state index contributed by atoms with van der Waals surface area (Å²) < 4.78 is 36.9. The van der Waals surface area contributed by atoms with Crippen molar-refractivity contribution in [1.82, 2.24) is 5.09 Å². The summed E-state index contributed by atoms with van der Waals surface area (Å²) in [4.78, 5) is 36.9. The van der Waals surface area contributed by atoms with E-state index in [2.05, 4.69) is 18.9 Å². The van der Waals surface area contributed by atoms with Crippen molar-refractivity contribution in [3.8, 4) is 5.75 Å². The molecule has 0 aromatic heterocycles. The number of hydrogen-bond acceptors (Lipinski definition) is 9. The minimum atomic E-state index is -4.49. The van der Waals surface area contributed by atoms with Crippen LogP contribution in [0.25, 0.3) is 0 Å². The molecule has 12 heteroatoms. The van der Waals surface area contributed by atoms with Crippen molar-refractivity contribution in [2.45, 2.75) is 142 Å². The number of rotatable bonds is 29. The summed E-state index contributed by atoms with van der Waals surface area (Å²) in [5.41, 5.74) is 0.583. The quantitative estimate of drug-likeness (QED) is 0.0284. The third kappa shape index (κ3) is 18.6. The van der Waals surface area contributed by atoms with E-state index in [1.165, 1.54) is 82.6 Å². The minimum Gasteiger partial charge on any atom is -0.465 e. The van der Waals surface area contributed by atoms with Crippen LogP contribution in [-0.2, 0) is 34.6 Å². The van der Waals surface area contributed by atoms with Crippen LogP contribution in [0.15, 0.2) is 54.6 Å². The number of esters is 2. The molecule has 0 aliphatic rings. The van der Waals surface area contributed by atoms with E-state index in [1.807, 2.05) is 30.3 Å². The monoisotopic (exact) mass is 718 g/mol. The second-order valence-corrected chi connectivity index (χ2v) is 14.4. The molecule has 0 saturated carbocycles. The first kappa shape index (κ1) is 42.9. The number of nitro groups is 1. The largest absolute Gasteiger partial charge is 0.465 e. The molecule has 0 fully saturated rings. The smallest absolute Gasteiger partial charge is 0.460 e. The molecule has 2 rings (SSSR count). The van der Waals surface area contributed by atoms with Crippen LogP contribution in [-0.4, -0.2) is 42.2 Å². The Morgan fingerprint density at radius 1 is 0.720 bits per heavy atom. The van der Waals surface area contributed by atoms with Crippen molar-refractivity contribution in [3.05, 3.63) is 70.3 Å². The zero-order valence-corrected chi connectivity index (χ0v) is 31.2. The molecular formula is C38H59N2O9P. The molecule has 11 nitrogen and oxygen atoms in total. The van der Waals surface area contributed by atoms with Crippen LogP contribution in [0.4, 0.5) is 5.69 Å². The summed E-state index contributed by atoms with van der Waals surface area (Å²) in [5, 5.41) is 13.9. The van der Waals surface area contributed by atoms with Crippen LogP contribution in [0.1, 0.15) is 129 Å². The van der Waals surface area contributed by atoms with E-state index in [0.717, 1.165) is 44.1 Å². The predicted octanol–water partition coefficient (Wildman–Crippen LogP) is 10.1. The highest BCUT2D eigenvalue weighted by Gasteiger charge is 2.38. The molecule has 1 unspecified atom stereocenters. The first-order valence-corrected chi connectivity index (χ1v) is 20.1. The molecule has 280 valence electrons. The molecule has 0 aliphatic heterocycles. The van der Waals surface area contributed by atoms with Crippen molar-refractivity contribution >= 4 is 25.4 Å². The average Bonchev–Trinajstić information content (AvgIpc) is 3.10. The van der Waals surface area contributed by atoms with E-state index >= 15 is 0 Å². The van der Waals surface area contributed by atoms with Gasteiger partial charge in [-0.3, -0.25) is 19.4 Å². The van der Waals surface area contributed by atoms with E-state index in [-0.39, 0.29) is 31.1 Å². The molecule has 0 spiro atoms. The number of nitro benzene ring substituents is 1. The Morgan fingerprint density at radius 3 is 1.70 bits per heavy atom. The number of ether oxygens (including phenoxy) is 2. The topological polar surface area (TPSA) is 143 Å². The third-order valence-electron chi connectivity index (χ3n) is 8.27. The Balaban J connectivity index is 2.10. The lowest BCUT2D eigenvalue weighted by Gasteiger charge is -2.26. The average molecular weight is 719 g/mol. The van der Waals surface area contributed by atoms with Gasteiger partial charge in [-0.25, -0.2) is 9.36 Å². The van der Waals surface area contributed by atoms with E-state index in [0.29, 0.717) is 12.8 Å². The zero-order chi connectivity index (χ0) is 36.5. The number of nitrogens with zero attached hydrogens (tertiary/aromatic N) is 1. The van der Waals surface area contributed by atoms with Crippen molar-refractivity contribution < 1.29 is 37.6 Å². The van der Waals surface area contributed by atoms with Gasteiger partial charge in [-0.15, -0.1) is 0 Å². The van der Waals surface area contributed by atoms with Gasteiger partial charge in [0.25, 0.3) is 5.69 Å². The second kappa shape index (κ2) is 25.6. The fourth-order valence-electron chi connectivity index (χ4n) is 5.35. The molecule has 2 aromatic carbocycles. The Bertz CT molecular complexity index is 1280. The highest BCUT2D eigenvalue weighted by Crippen LogP contribution is 2.47. The molecule has 50 heavy (non-hydrogen) atoms. The molecule has 0 heterocycles. The Labute approximate surface area is 298 Å². The van der Waals surface area contributed by atoms with Crippen molar-refractivity contribution in [3.63, 3.8) is 0 Å². The third-order valence-corrected chi connectivity index (χ3v) is 9.94. The molecule has 0 radical (unpaired) electrons. The maximum Gasteiger partial charge on any atom is 0.460 e. The standard InChI is InChI=1S/C38H59N2O9P/c1-4-6-8-10-12-14-16-21-29-46-37(41)32(3)48-50(45,49-35-27-25-34(26-28-35)40(43)44)39-36(31-33-23-19-18-20-24-33)38(42)47-30-22-17-15-13-11-9-7-5-2/h18-20,23-28,32,36H,4-17,21-22,29-31H2,1-3H3,(H,39,45)/t32-,36-,50?/m0/s1. The van der Waals surface area contributed by atoms with Crippen LogP contribution in [0.2, 0.25) is 0 Å². The number of hydrogen-bond donors (Lipinski definition) is 1. The molecule has 3 atom stereocenters. The number of non-ortho nitro benzene ring substituents is 1. The molecule has 0 aliphatic carbocycles. The number of unbranched alkanes of at least 4 members (excludes halogenated alkanes) is 14. The van der Waals surface area contributed by atoms with Crippen LogP contribution in [0, 0.1) is 10.1 Å². The van der Waals surface area contributed by atoms with Crippen LogP contribution in [0.3, 0.4) is 0 Å². The van der Waals surface area contributed by atoms with E-state index in [1.54, 1.807) is 0 Å². The first-order valence-electron chi connectivity index (χ1n) is 18.5. The van der Waals surface area contributed by atoms with Gasteiger partial charge in [0.1, 0.15) is 11.8 Å². The summed E-state index contributed by atoms with van der Waals surface area (Å²) in [6, 6.07) is 12.9. The minimum absolute atomic E-state index is 0.0169. The molecular weight excluding hydrogens is 659 g/mol. The predicted molar refractivity (Wildman–Crippen MR) is 196 cm³/mol. The summed E-state index contributed by atoms with van der Waals surface area (Å²) in [6.45, 7) is 6.18. The lowest BCUT2D eigenvalue weighted by molar-refractivity contribution is -0.384. The van der Waals surface area contributed by atoms with Gasteiger partial charge in [-0.05, 0) is 43.9 Å². The highest BCUT2D eigenvalue weighted by atomic mass is 31.2. The highest BCUT2D eigenvalue weighted by molar-refractivity contribution is 7.52. The van der Waals surface area contributed by atoms with E-state index in [4.69, 9.17) is 18.5 Å². The van der Waals surface area contributed by atoms with Gasteiger partial charge in [-0.2, -0.15) is 5.09 Å². The summed E-state index contributed by atoms with van der Waals surface area (Å²) in [5.74, 6) is -1.38. The van der Waals surface area contributed by atoms with E-state index < -0.39 is 36.8 Å². The molecule has 2 aromatic rings. The molecule has 0 amide bonds. The zero-order valence-electron chi connectivity index (χ0n) is 30.4. The fraction of sp³-hybridized carbons (Fsp3) is 0.632. The van der Waals surface area contributed by atoms with Gasteiger partial charge in [0.05, 0.1) is 18.1 Å². The van der Waals surface area contributed by atoms with E-state index in [9.17, 15) is 24.3 Å². The first-order chi connectivity index (χ1) is 24.2. The van der Waals surface area contributed by atoms with Gasteiger partial charge in [0.15, 0.2) is 6.10 Å². The summed E-state index contributed by atoms with van der Waals surface area (Å²) in [6.07, 6.45) is 16.2. The van der Waals surface area contributed by atoms with Gasteiger partial charge < -0.3 is 14.0 Å². The fourth-order valence-corrected chi connectivity index (χ4v) is 6.99. The molecule has 0 saturated heterocycles. The Kier molecular flexibility index (Phi) is 22.0. The number of nitrogens with one attached hydrogen (secondary N) is 1. The van der Waals surface area contributed by atoms with Gasteiger partial charge in [-0.1, -0.05) is 134 Å². The normalized spacial score (nSPS) is 13.6. The van der Waals surface area contributed by atoms with Gasteiger partial charge >= 0.3 is 19.7 Å². The number of carbonyl (C=O) groups is 2. The Morgan fingerprint density at radius 2 is 1.20 bits per heavy atom. The summed E-state index contributed by atoms with van der Waals surface area (Å²) in [7, 11) is -4.49. The maximum atomic E-state index is 14.4. The second-order valence-electron chi connectivity index (χ2n) is 12.7. The van der Waals surface area contributed by atoms with Gasteiger partial charge in [0, 0.05) is 12.1 Å². The van der Waals surface area contributed by atoms with Crippen LogP contribution >= 0.6 is 7.75 Å². The number of benzene rings is 2. The van der Waals surface area contributed by atoms with Crippen molar-refractivity contribution in [2.24, 2.45) is 0 Å². The lowest BCUT2D eigenvalue weighted by atomic mass is 10.1. The van der Waals surface area contributed by atoms with Crippen molar-refractivity contribution in [2.75, 3.05) is 13.2 Å². The molecule has 0 bridgehead atoms. The molecule has 1 N–H and O–H groups in total. The van der Waals surface area contributed by atoms with Gasteiger partial charge in [0.2, 0.25) is 0 Å². The lowest BCUT2D eigenvalue weighted by Crippen LogP contribution is -2.40. The van der Waals surface area contributed by atoms with Crippen LogP contribution < -0.4 is 9.61 Å². The summed E-state index contributed by atoms with van der Waals surface area (Å²) >= 11 is 0. The SMILES string of the molecule is CCCCCCCCCCOC(=O)[C@H](Cc1ccccc1)NP(=O)(Oc1ccc([N+](=O)[O-])cc1)O[C@@H](C)C(=O)OCCCCCCCCCC. The Hall–Kier alpha value is -3.27.